The molecule has 0 spiro atoms. The van der Waals surface area contributed by atoms with Gasteiger partial charge in [-0.15, -0.1) is 0 Å². The van der Waals surface area contributed by atoms with E-state index in [9.17, 15) is 0 Å². The lowest BCUT2D eigenvalue weighted by Crippen LogP contribution is -2.51. The molecule has 21 heavy (non-hydrogen) atoms. The molecule has 0 saturated carbocycles. The molecular formula is C15H20N4O2. The SMILES string of the molecule is C[C@H]1CN(Cc2nc(-c3cccnc3)no2)CC(C)(C)O1. The van der Waals surface area contributed by atoms with Gasteiger partial charge >= 0.3 is 0 Å². The molecule has 0 aromatic carbocycles. The third-order valence-corrected chi connectivity index (χ3v) is 3.39. The molecule has 0 unspecified atom stereocenters. The van der Waals surface area contributed by atoms with E-state index in [0.717, 1.165) is 18.7 Å². The molecule has 2 aromatic rings. The minimum absolute atomic E-state index is 0.149. The van der Waals surface area contributed by atoms with Crippen molar-refractivity contribution in [1.29, 1.82) is 0 Å². The van der Waals surface area contributed by atoms with E-state index >= 15 is 0 Å². The number of pyridine rings is 1. The fraction of sp³-hybridized carbons (Fsp3) is 0.533. The highest BCUT2D eigenvalue weighted by Crippen LogP contribution is 2.22. The summed E-state index contributed by atoms with van der Waals surface area (Å²) in [4.78, 5) is 10.8. The van der Waals surface area contributed by atoms with Crippen LogP contribution in [0.15, 0.2) is 29.0 Å². The third kappa shape index (κ3) is 3.46. The quantitative estimate of drug-likeness (QED) is 0.862. The van der Waals surface area contributed by atoms with Crippen molar-refractivity contribution in [1.82, 2.24) is 20.0 Å². The fourth-order valence-electron chi connectivity index (χ4n) is 2.83. The third-order valence-electron chi connectivity index (χ3n) is 3.39. The van der Waals surface area contributed by atoms with Gasteiger partial charge in [0.2, 0.25) is 11.7 Å². The molecule has 2 aromatic heterocycles. The summed E-state index contributed by atoms with van der Waals surface area (Å²) in [5.74, 6) is 1.21. The van der Waals surface area contributed by atoms with E-state index in [1.807, 2.05) is 12.1 Å². The Kier molecular flexibility index (Phi) is 3.73. The predicted molar refractivity (Wildman–Crippen MR) is 77.4 cm³/mol. The smallest absolute Gasteiger partial charge is 0.241 e. The van der Waals surface area contributed by atoms with Crippen LogP contribution in [0, 0.1) is 0 Å². The molecule has 0 aliphatic carbocycles. The maximum absolute atomic E-state index is 5.90. The molecule has 112 valence electrons. The molecule has 1 aliphatic heterocycles. The number of hydrogen-bond acceptors (Lipinski definition) is 6. The van der Waals surface area contributed by atoms with Crippen LogP contribution >= 0.6 is 0 Å². The molecule has 0 radical (unpaired) electrons. The van der Waals surface area contributed by atoms with Gasteiger partial charge in [-0.05, 0) is 32.9 Å². The van der Waals surface area contributed by atoms with Crippen LogP contribution in [0.3, 0.4) is 0 Å². The molecule has 1 fully saturated rings. The van der Waals surface area contributed by atoms with E-state index in [1.54, 1.807) is 12.4 Å². The van der Waals surface area contributed by atoms with Gasteiger partial charge in [-0.2, -0.15) is 4.98 Å². The van der Waals surface area contributed by atoms with E-state index in [1.165, 1.54) is 0 Å². The van der Waals surface area contributed by atoms with E-state index in [2.05, 4.69) is 40.8 Å². The number of nitrogens with zero attached hydrogens (tertiary/aromatic N) is 4. The average molecular weight is 288 g/mol. The van der Waals surface area contributed by atoms with Gasteiger partial charge in [-0.1, -0.05) is 5.16 Å². The first kappa shape index (κ1) is 14.2. The molecule has 1 aliphatic rings. The number of hydrogen-bond donors (Lipinski definition) is 0. The molecule has 0 amide bonds. The number of ether oxygens (including phenoxy) is 1. The van der Waals surface area contributed by atoms with Crippen LogP contribution in [0.2, 0.25) is 0 Å². The number of morpholine rings is 1. The maximum atomic E-state index is 5.90. The van der Waals surface area contributed by atoms with E-state index < -0.39 is 0 Å². The predicted octanol–water partition coefficient (Wildman–Crippen LogP) is 2.13. The summed E-state index contributed by atoms with van der Waals surface area (Å²) < 4.78 is 11.3. The highest BCUT2D eigenvalue weighted by Gasteiger charge is 2.32. The zero-order chi connectivity index (χ0) is 14.9. The van der Waals surface area contributed by atoms with Crippen LogP contribution in [-0.4, -0.2) is 44.8 Å². The summed E-state index contributed by atoms with van der Waals surface area (Å²) in [6.07, 6.45) is 3.66. The van der Waals surface area contributed by atoms with Crippen molar-refractivity contribution in [3.63, 3.8) is 0 Å². The topological polar surface area (TPSA) is 64.3 Å². The Labute approximate surface area is 124 Å². The van der Waals surface area contributed by atoms with Gasteiger partial charge in [-0.3, -0.25) is 9.88 Å². The monoisotopic (exact) mass is 288 g/mol. The second kappa shape index (κ2) is 5.54. The lowest BCUT2D eigenvalue weighted by Gasteiger charge is -2.41. The minimum Gasteiger partial charge on any atom is -0.370 e. The summed E-state index contributed by atoms with van der Waals surface area (Å²) in [7, 11) is 0. The molecule has 1 atom stereocenters. The zero-order valence-electron chi connectivity index (χ0n) is 12.6. The summed E-state index contributed by atoms with van der Waals surface area (Å²) in [5, 5.41) is 4.02. The van der Waals surface area contributed by atoms with Crippen LogP contribution in [0.1, 0.15) is 26.7 Å². The highest BCUT2D eigenvalue weighted by molar-refractivity contribution is 5.51. The van der Waals surface area contributed by atoms with Crippen molar-refractivity contribution in [2.24, 2.45) is 0 Å². The summed E-state index contributed by atoms with van der Waals surface area (Å²) >= 11 is 0. The van der Waals surface area contributed by atoms with Crippen molar-refractivity contribution in [2.45, 2.75) is 39.0 Å². The van der Waals surface area contributed by atoms with E-state index in [-0.39, 0.29) is 11.7 Å². The average Bonchev–Trinajstić information content (AvgIpc) is 2.86. The first-order valence-electron chi connectivity index (χ1n) is 7.15. The standard InChI is InChI=1S/C15H20N4O2/c1-11-8-19(10-15(2,3)20-11)9-13-17-14(18-21-13)12-5-4-6-16-7-12/h4-7,11H,8-10H2,1-3H3/t11-/m0/s1. The maximum Gasteiger partial charge on any atom is 0.241 e. The van der Waals surface area contributed by atoms with Gasteiger partial charge in [0.15, 0.2) is 0 Å². The first-order valence-corrected chi connectivity index (χ1v) is 7.15. The second-order valence-electron chi connectivity index (χ2n) is 6.11. The molecular weight excluding hydrogens is 268 g/mol. The van der Waals surface area contributed by atoms with Gasteiger partial charge in [0, 0.05) is 31.0 Å². The van der Waals surface area contributed by atoms with Gasteiger partial charge in [0.25, 0.3) is 0 Å². The van der Waals surface area contributed by atoms with E-state index in [0.29, 0.717) is 18.3 Å². The zero-order valence-corrected chi connectivity index (χ0v) is 12.6. The summed E-state index contributed by atoms with van der Waals surface area (Å²) in [6.45, 7) is 8.65. The number of aromatic nitrogens is 3. The number of rotatable bonds is 3. The van der Waals surface area contributed by atoms with Crippen molar-refractivity contribution in [3.05, 3.63) is 30.4 Å². The van der Waals surface area contributed by atoms with Crippen LogP contribution < -0.4 is 0 Å². The van der Waals surface area contributed by atoms with Crippen LogP contribution in [0.25, 0.3) is 11.4 Å². The largest absolute Gasteiger partial charge is 0.370 e. The van der Waals surface area contributed by atoms with Gasteiger partial charge < -0.3 is 9.26 Å². The Balaban J connectivity index is 1.70. The van der Waals surface area contributed by atoms with Gasteiger partial charge in [0.05, 0.1) is 18.2 Å². The Bertz CT molecular complexity index is 597. The molecule has 1 saturated heterocycles. The van der Waals surface area contributed by atoms with Crippen molar-refractivity contribution in [2.75, 3.05) is 13.1 Å². The van der Waals surface area contributed by atoms with Gasteiger partial charge in [-0.25, -0.2) is 0 Å². The summed E-state index contributed by atoms with van der Waals surface area (Å²) in [6, 6.07) is 3.78. The Morgan fingerprint density at radius 2 is 2.29 bits per heavy atom. The molecule has 0 bridgehead atoms. The van der Waals surface area contributed by atoms with Gasteiger partial charge in [0.1, 0.15) is 0 Å². The minimum atomic E-state index is -0.149. The lowest BCUT2D eigenvalue weighted by atomic mass is 10.1. The molecule has 6 nitrogen and oxygen atoms in total. The fourth-order valence-corrected chi connectivity index (χ4v) is 2.83. The van der Waals surface area contributed by atoms with Crippen LogP contribution in [0.5, 0.6) is 0 Å². The van der Waals surface area contributed by atoms with Crippen molar-refractivity contribution >= 4 is 0 Å². The van der Waals surface area contributed by atoms with E-state index in [4.69, 9.17) is 9.26 Å². The highest BCUT2D eigenvalue weighted by atomic mass is 16.5. The lowest BCUT2D eigenvalue weighted by molar-refractivity contribution is -0.132. The normalized spacial score (nSPS) is 22.3. The second-order valence-corrected chi connectivity index (χ2v) is 6.11. The molecule has 3 rings (SSSR count). The summed E-state index contributed by atoms with van der Waals surface area (Å²) in [5.41, 5.74) is 0.715. The Morgan fingerprint density at radius 3 is 3.00 bits per heavy atom. The molecule has 3 heterocycles. The van der Waals surface area contributed by atoms with Crippen LogP contribution in [0.4, 0.5) is 0 Å². The van der Waals surface area contributed by atoms with Crippen molar-refractivity contribution < 1.29 is 9.26 Å². The Morgan fingerprint density at radius 1 is 1.43 bits per heavy atom. The van der Waals surface area contributed by atoms with Crippen LogP contribution in [-0.2, 0) is 11.3 Å². The molecule has 0 N–H and O–H groups in total. The Hall–Kier alpha value is -1.79. The molecule has 6 heteroatoms. The first-order chi connectivity index (χ1) is 10.0. The van der Waals surface area contributed by atoms with Crippen molar-refractivity contribution in [3.8, 4) is 11.4 Å².